The molecule has 0 atom stereocenters. The molecule has 1 heterocycles. The molecule has 0 fully saturated rings. The maximum Gasteiger partial charge on any atom is 0.301 e. The summed E-state index contributed by atoms with van der Waals surface area (Å²) < 4.78 is 24.6. The minimum Gasteiger partial charge on any atom is -0.287 e. The van der Waals surface area contributed by atoms with Gasteiger partial charge in [-0.2, -0.15) is 0 Å². The minimum absolute atomic E-state index is 0.117. The van der Waals surface area contributed by atoms with Crippen LogP contribution in [0.1, 0.15) is 21.5 Å². The first-order valence-electron chi connectivity index (χ1n) is 3.66. The van der Waals surface area contributed by atoms with E-state index in [-0.39, 0.29) is 4.88 Å². The maximum absolute atomic E-state index is 12.0. The van der Waals surface area contributed by atoms with E-state index in [0.717, 1.165) is 22.6 Å². The van der Waals surface area contributed by atoms with Crippen LogP contribution >= 0.6 is 27.3 Å². The Bertz CT molecular complexity index is 322. The molecule has 1 rings (SSSR count). The molecule has 0 amide bonds. The molecule has 0 saturated carbocycles. The Kier molecular flexibility index (Phi) is 3.55. The monoisotopic (exact) mass is 268 g/mol. The molecule has 0 spiro atoms. The summed E-state index contributed by atoms with van der Waals surface area (Å²) in [5, 5.41) is 0. The number of thiophene rings is 1. The van der Waals surface area contributed by atoms with Gasteiger partial charge in [0.05, 0.1) is 4.88 Å². The largest absolute Gasteiger partial charge is 0.301 e. The zero-order valence-corrected chi connectivity index (χ0v) is 9.21. The highest BCUT2D eigenvalue weighted by Gasteiger charge is 2.22. The molecule has 1 aromatic heterocycles. The van der Waals surface area contributed by atoms with Gasteiger partial charge in [-0.25, -0.2) is 8.78 Å². The van der Waals surface area contributed by atoms with Crippen LogP contribution in [0, 0.1) is 0 Å². The molecule has 0 N–H and O–H groups in total. The van der Waals surface area contributed by atoms with Crippen LogP contribution in [0.5, 0.6) is 0 Å². The van der Waals surface area contributed by atoms with E-state index >= 15 is 0 Å². The third kappa shape index (κ3) is 2.34. The first-order valence-corrected chi connectivity index (χ1v) is 5.27. The van der Waals surface area contributed by atoms with Crippen LogP contribution < -0.4 is 0 Å². The summed E-state index contributed by atoms with van der Waals surface area (Å²) >= 11 is 4.20. The highest BCUT2D eigenvalue weighted by atomic mass is 79.9. The SMILES string of the molecule is CCc1cc(Br)c(C(=O)C(F)F)s1. The number of hydrogen-bond acceptors (Lipinski definition) is 2. The summed E-state index contributed by atoms with van der Waals surface area (Å²) in [4.78, 5) is 12.0. The normalized spacial score (nSPS) is 10.8. The van der Waals surface area contributed by atoms with Crippen molar-refractivity contribution in [1.29, 1.82) is 0 Å². The fraction of sp³-hybridized carbons (Fsp3) is 0.375. The quantitative estimate of drug-likeness (QED) is 0.767. The second-order valence-electron chi connectivity index (χ2n) is 2.41. The Balaban J connectivity index is 3.00. The molecule has 0 aliphatic heterocycles. The Morgan fingerprint density at radius 1 is 1.69 bits per heavy atom. The predicted octanol–water partition coefficient (Wildman–Crippen LogP) is 3.52. The van der Waals surface area contributed by atoms with Crippen LogP contribution in [-0.2, 0) is 6.42 Å². The first-order chi connectivity index (χ1) is 6.06. The molecule has 1 nitrogen and oxygen atoms in total. The highest BCUT2D eigenvalue weighted by molar-refractivity contribution is 9.10. The van der Waals surface area contributed by atoms with E-state index in [1.165, 1.54) is 0 Å². The molecule has 0 saturated heterocycles. The van der Waals surface area contributed by atoms with E-state index in [2.05, 4.69) is 15.9 Å². The Morgan fingerprint density at radius 2 is 2.31 bits per heavy atom. The fourth-order valence-corrected chi connectivity index (χ4v) is 2.65. The van der Waals surface area contributed by atoms with Crippen LogP contribution in [0.3, 0.4) is 0 Å². The summed E-state index contributed by atoms with van der Waals surface area (Å²) in [5.74, 6) is -1.10. The zero-order chi connectivity index (χ0) is 10.0. The van der Waals surface area contributed by atoms with Gasteiger partial charge in [0.15, 0.2) is 0 Å². The van der Waals surface area contributed by atoms with Gasteiger partial charge < -0.3 is 0 Å². The third-order valence-electron chi connectivity index (χ3n) is 1.51. The number of carbonyl (C=O) groups is 1. The highest BCUT2D eigenvalue weighted by Crippen LogP contribution is 2.29. The molecule has 1 aromatic rings. The van der Waals surface area contributed by atoms with Gasteiger partial charge in [0, 0.05) is 9.35 Å². The number of Topliss-reactive ketones (excluding diaryl/α,β-unsaturated/α-hetero) is 1. The molecule has 0 radical (unpaired) electrons. The lowest BCUT2D eigenvalue weighted by Gasteiger charge is -1.94. The average Bonchev–Trinajstić information content (AvgIpc) is 2.45. The van der Waals surface area contributed by atoms with Gasteiger partial charge >= 0.3 is 6.43 Å². The number of ketones is 1. The van der Waals surface area contributed by atoms with Gasteiger partial charge in [-0.1, -0.05) is 6.92 Å². The van der Waals surface area contributed by atoms with Crippen molar-refractivity contribution >= 4 is 33.0 Å². The van der Waals surface area contributed by atoms with E-state index < -0.39 is 12.2 Å². The van der Waals surface area contributed by atoms with Crippen molar-refractivity contribution in [2.24, 2.45) is 0 Å². The second kappa shape index (κ2) is 4.28. The van der Waals surface area contributed by atoms with E-state index in [9.17, 15) is 13.6 Å². The van der Waals surface area contributed by atoms with Crippen molar-refractivity contribution in [3.05, 3.63) is 20.3 Å². The third-order valence-corrected chi connectivity index (χ3v) is 3.69. The number of rotatable bonds is 3. The molecular weight excluding hydrogens is 262 g/mol. The molecule has 0 aliphatic carbocycles. The number of halogens is 3. The summed E-state index contributed by atoms with van der Waals surface area (Å²) in [7, 11) is 0. The standard InChI is InChI=1S/C8H7BrF2OS/c1-2-4-3-5(9)7(13-4)6(12)8(10)11/h3,8H,2H2,1H3. The zero-order valence-electron chi connectivity index (χ0n) is 6.81. The predicted molar refractivity (Wildman–Crippen MR) is 51.7 cm³/mol. The van der Waals surface area contributed by atoms with Gasteiger partial charge in [0.2, 0.25) is 5.78 Å². The van der Waals surface area contributed by atoms with E-state index in [0.29, 0.717) is 4.47 Å². The van der Waals surface area contributed by atoms with Crippen LogP contribution in [-0.4, -0.2) is 12.2 Å². The molecule has 72 valence electrons. The molecule has 0 aliphatic rings. The molecule has 0 unspecified atom stereocenters. The first kappa shape index (κ1) is 10.8. The van der Waals surface area contributed by atoms with Crippen molar-refractivity contribution in [3.8, 4) is 0 Å². The fourth-order valence-electron chi connectivity index (χ4n) is 0.858. The van der Waals surface area contributed by atoms with E-state index in [1.807, 2.05) is 6.92 Å². The van der Waals surface area contributed by atoms with E-state index in [1.54, 1.807) is 6.07 Å². The van der Waals surface area contributed by atoms with Crippen molar-refractivity contribution in [3.63, 3.8) is 0 Å². The topological polar surface area (TPSA) is 17.1 Å². The lowest BCUT2D eigenvalue weighted by molar-refractivity contribution is 0.0682. The second-order valence-corrected chi connectivity index (χ2v) is 4.40. The Labute approximate surface area is 86.9 Å². The number of carbonyl (C=O) groups excluding carboxylic acids is 1. The van der Waals surface area contributed by atoms with Crippen molar-refractivity contribution in [1.82, 2.24) is 0 Å². The van der Waals surface area contributed by atoms with Gasteiger partial charge in [-0.05, 0) is 28.4 Å². The Morgan fingerprint density at radius 3 is 2.69 bits per heavy atom. The summed E-state index contributed by atoms with van der Waals surface area (Å²) in [6.07, 6.45) is -2.17. The van der Waals surface area contributed by atoms with Crippen molar-refractivity contribution in [2.45, 2.75) is 19.8 Å². The molecule has 0 bridgehead atoms. The van der Waals surface area contributed by atoms with Gasteiger partial charge in [-0.15, -0.1) is 11.3 Å². The van der Waals surface area contributed by atoms with Gasteiger partial charge in [0.1, 0.15) is 0 Å². The van der Waals surface area contributed by atoms with Gasteiger partial charge in [-0.3, -0.25) is 4.79 Å². The minimum atomic E-state index is -2.92. The van der Waals surface area contributed by atoms with Crippen molar-refractivity contribution < 1.29 is 13.6 Å². The molecule has 0 aromatic carbocycles. The maximum atomic E-state index is 12.0. The number of alkyl halides is 2. The number of hydrogen-bond donors (Lipinski definition) is 0. The van der Waals surface area contributed by atoms with Crippen LogP contribution in [0.25, 0.3) is 0 Å². The Hall–Kier alpha value is -0.290. The summed E-state index contributed by atoms with van der Waals surface area (Å²) in [5.41, 5.74) is 0. The lowest BCUT2D eigenvalue weighted by atomic mass is 10.3. The summed E-state index contributed by atoms with van der Waals surface area (Å²) in [6, 6.07) is 1.71. The molecule has 5 heteroatoms. The smallest absolute Gasteiger partial charge is 0.287 e. The molecular formula is C8H7BrF2OS. The van der Waals surface area contributed by atoms with Crippen LogP contribution in [0.2, 0.25) is 0 Å². The van der Waals surface area contributed by atoms with Crippen molar-refractivity contribution in [2.75, 3.05) is 0 Å². The average molecular weight is 269 g/mol. The van der Waals surface area contributed by atoms with Crippen LogP contribution in [0.15, 0.2) is 10.5 Å². The molecule has 13 heavy (non-hydrogen) atoms. The van der Waals surface area contributed by atoms with Gasteiger partial charge in [0.25, 0.3) is 0 Å². The summed E-state index contributed by atoms with van der Waals surface area (Å²) in [6.45, 7) is 1.91. The number of aryl methyl sites for hydroxylation is 1. The lowest BCUT2D eigenvalue weighted by Crippen LogP contribution is -2.08. The van der Waals surface area contributed by atoms with Crippen LogP contribution in [0.4, 0.5) is 8.78 Å². The van der Waals surface area contributed by atoms with E-state index in [4.69, 9.17) is 0 Å².